The average Bonchev–Trinajstić information content (AvgIpc) is 3.92. The van der Waals surface area contributed by atoms with Crippen molar-refractivity contribution in [1.82, 2.24) is 0 Å². The van der Waals surface area contributed by atoms with Crippen molar-refractivity contribution in [2.24, 2.45) is 0 Å². The molecule has 0 amide bonds. The normalized spacial score (nSPS) is 18.0. The molecule has 305 valence electrons. The first-order valence-corrected chi connectivity index (χ1v) is 34.1. The fraction of sp³-hybridized carbons (Fsp3) is 0.286. The van der Waals surface area contributed by atoms with Crippen LogP contribution in [-0.4, -0.2) is 9.52 Å². The Morgan fingerprint density at radius 2 is 0.967 bits per heavy atom. The van der Waals surface area contributed by atoms with E-state index in [2.05, 4.69) is 195 Å². The van der Waals surface area contributed by atoms with Gasteiger partial charge in [0.1, 0.15) is 0 Å². The van der Waals surface area contributed by atoms with Gasteiger partial charge in [0.25, 0.3) is 0 Å². The molecule has 0 nitrogen and oxygen atoms in total. The SMILES string of the molecule is CCCC1=Cc2c(ccc(C(C)(C)C)c2-c2ccccc2)[CH]1[Zr]([Cl])([Cl])([c]1cccc2c1[SiH2]c1ccccc1-2)[CH]1C(CCC)=Cc2c1ccc(C(C)(C)C)c2-c1ccccc1. The van der Waals surface area contributed by atoms with Crippen LogP contribution in [-0.2, 0) is 27.2 Å². The molecule has 60 heavy (non-hydrogen) atoms. The van der Waals surface area contributed by atoms with Crippen molar-refractivity contribution in [2.45, 2.75) is 99.2 Å². The fourth-order valence-electron chi connectivity index (χ4n) is 11.4. The van der Waals surface area contributed by atoms with Gasteiger partial charge in [-0.05, 0) is 0 Å². The van der Waals surface area contributed by atoms with Crippen LogP contribution in [0.25, 0.3) is 45.5 Å². The van der Waals surface area contributed by atoms with E-state index in [-0.39, 0.29) is 18.1 Å². The summed E-state index contributed by atoms with van der Waals surface area (Å²) in [6.07, 6.45) is 9.10. The molecule has 0 saturated heterocycles. The van der Waals surface area contributed by atoms with Crippen LogP contribution in [0.4, 0.5) is 0 Å². The second kappa shape index (κ2) is 15.4. The van der Waals surface area contributed by atoms with Crippen molar-refractivity contribution in [3.8, 4) is 33.4 Å². The summed E-state index contributed by atoms with van der Waals surface area (Å²) in [5.41, 5.74) is 18.7. The summed E-state index contributed by atoms with van der Waals surface area (Å²) in [5.74, 6) is 0. The Balaban J connectivity index is 1.41. The molecule has 9 rings (SSSR count). The standard InChI is InChI=1S/2C22H25.C12H9Si.2ClH.Zr/c2*1-5-9-16-14-18-12-13-20(22(2,3)4)21(19(18)15-16)17-10-7-6-8-11-17;1-3-7-11-9(5-1)10-6-2-4-8-12(10)13-11;;;/h2*6-8,10-15H,5,9H2,1-4H3;1-7H,13H2;2*1H;/q;;;;;+2/p-2. The third-order valence-corrected chi connectivity index (χ3v) is 36.6. The summed E-state index contributed by atoms with van der Waals surface area (Å²) < 4.78 is 1.12. The van der Waals surface area contributed by atoms with Crippen LogP contribution >= 0.6 is 17.0 Å². The Morgan fingerprint density at radius 1 is 0.517 bits per heavy atom. The molecule has 0 N–H and O–H groups in total. The molecule has 0 spiro atoms. The van der Waals surface area contributed by atoms with E-state index in [0.717, 1.165) is 25.7 Å². The first-order chi connectivity index (χ1) is 28.7. The zero-order valence-electron chi connectivity index (χ0n) is 36.7. The summed E-state index contributed by atoms with van der Waals surface area (Å²) in [6, 6.07) is 48.1. The van der Waals surface area contributed by atoms with Crippen molar-refractivity contribution in [3.63, 3.8) is 0 Å². The molecule has 1 aliphatic heterocycles. The summed E-state index contributed by atoms with van der Waals surface area (Å²) in [5, 5.41) is 2.98. The first-order valence-electron chi connectivity index (χ1n) is 22.3. The number of hydrogen-bond donors (Lipinski definition) is 0. The minimum atomic E-state index is -5.68. The maximum absolute atomic E-state index is 9.45. The molecule has 6 aromatic carbocycles. The van der Waals surface area contributed by atoms with Crippen molar-refractivity contribution in [1.29, 1.82) is 0 Å². The Hall–Kier alpha value is -3.52. The second-order valence-corrected chi connectivity index (χ2v) is 42.3. The number of hydrogen-bond acceptors (Lipinski definition) is 0. The molecule has 4 heteroatoms. The van der Waals surface area contributed by atoms with E-state index >= 15 is 0 Å². The summed E-state index contributed by atoms with van der Waals surface area (Å²) in [7, 11) is 18.0. The molecule has 0 bridgehead atoms. The van der Waals surface area contributed by atoms with Gasteiger partial charge in [-0.2, -0.15) is 0 Å². The fourth-order valence-corrected chi connectivity index (χ4v) is 39.4. The first kappa shape index (κ1) is 41.8. The van der Waals surface area contributed by atoms with Gasteiger partial charge in [0, 0.05) is 0 Å². The zero-order valence-corrected chi connectivity index (χ0v) is 42.1. The number of rotatable bonds is 9. The van der Waals surface area contributed by atoms with E-state index in [1.54, 1.807) is 0 Å². The van der Waals surface area contributed by atoms with Gasteiger partial charge >= 0.3 is 373 Å². The molecular formula is C56H59Cl2SiZr. The van der Waals surface area contributed by atoms with Gasteiger partial charge in [-0.3, -0.25) is 0 Å². The summed E-state index contributed by atoms with van der Waals surface area (Å²) >= 11 is -5.68. The summed E-state index contributed by atoms with van der Waals surface area (Å²) in [6.45, 7) is 18.7. The van der Waals surface area contributed by atoms with Crippen LogP contribution in [0.5, 0.6) is 0 Å². The van der Waals surface area contributed by atoms with Crippen molar-refractivity contribution >= 4 is 52.3 Å². The molecule has 6 aromatic rings. The van der Waals surface area contributed by atoms with Gasteiger partial charge < -0.3 is 0 Å². The monoisotopic (exact) mass is 919 g/mol. The van der Waals surface area contributed by atoms with Crippen LogP contribution in [0, 0.1) is 0 Å². The van der Waals surface area contributed by atoms with E-state index in [1.807, 2.05) is 0 Å². The van der Waals surface area contributed by atoms with Crippen LogP contribution in [0.15, 0.2) is 139 Å². The predicted molar refractivity (Wildman–Crippen MR) is 263 cm³/mol. The number of allylic oxidation sites excluding steroid dienone is 2. The zero-order chi connectivity index (χ0) is 42.2. The van der Waals surface area contributed by atoms with Crippen molar-refractivity contribution in [2.75, 3.05) is 0 Å². The Bertz CT molecular complexity index is 2570. The molecule has 3 aliphatic rings. The van der Waals surface area contributed by atoms with E-state index in [4.69, 9.17) is 0 Å². The maximum atomic E-state index is 9.45. The average molecular weight is 922 g/mol. The minimum absolute atomic E-state index is 0.0608. The van der Waals surface area contributed by atoms with Crippen LogP contribution in [0.3, 0.4) is 0 Å². The van der Waals surface area contributed by atoms with Gasteiger partial charge in [-0.1, -0.05) is 0 Å². The third-order valence-electron chi connectivity index (χ3n) is 13.8. The van der Waals surface area contributed by atoms with Gasteiger partial charge in [0.05, 0.1) is 0 Å². The van der Waals surface area contributed by atoms with Crippen LogP contribution in [0.1, 0.15) is 122 Å². The van der Waals surface area contributed by atoms with Gasteiger partial charge in [0.15, 0.2) is 0 Å². The predicted octanol–water partition coefficient (Wildman–Crippen LogP) is 14.2. The Morgan fingerprint density at radius 3 is 1.43 bits per heavy atom. The number of halogens is 2. The second-order valence-electron chi connectivity index (χ2n) is 19.8. The van der Waals surface area contributed by atoms with Crippen molar-refractivity contribution in [3.05, 3.63) is 172 Å². The number of fused-ring (bicyclic) bond motifs is 5. The van der Waals surface area contributed by atoms with E-state index in [9.17, 15) is 17.0 Å². The number of benzene rings is 6. The molecule has 1 heterocycles. The molecule has 2 atom stereocenters. The van der Waals surface area contributed by atoms with E-state index < -0.39 is 25.9 Å². The molecule has 0 fully saturated rings. The quantitative estimate of drug-likeness (QED) is 0.127. The molecule has 0 saturated carbocycles. The van der Waals surface area contributed by atoms with E-state index in [1.165, 1.54) is 91.6 Å². The molecule has 2 aliphatic carbocycles. The van der Waals surface area contributed by atoms with E-state index in [0.29, 0.717) is 0 Å². The molecule has 0 radical (unpaired) electrons. The Kier molecular flexibility index (Phi) is 10.7. The van der Waals surface area contributed by atoms with Gasteiger partial charge in [-0.15, -0.1) is 0 Å². The van der Waals surface area contributed by atoms with Crippen LogP contribution in [0.2, 0.25) is 0 Å². The Labute approximate surface area is 370 Å². The van der Waals surface area contributed by atoms with Crippen molar-refractivity contribution < 1.29 is 16.4 Å². The molecular weight excluding hydrogens is 863 g/mol. The third kappa shape index (κ3) is 6.61. The van der Waals surface area contributed by atoms with Gasteiger partial charge in [0.2, 0.25) is 0 Å². The molecule has 0 aromatic heterocycles. The van der Waals surface area contributed by atoms with Gasteiger partial charge in [-0.25, -0.2) is 0 Å². The van der Waals surface area contributed by atoms with Crippen LogP contribution < -0.4 is 13.6 Å². The summed E-state index contributed by atoms with van der Waals surface area (Å²) in [4.78, 5) is 0. The topological polar surface area (TPSA) is 0 Å². The molecule has 2 unspecified atom stereocenters.